The van der Waals surface area contributed by atoms with Crippen molar-refractivity contribution in [1.82, 2.24) is 24.3 Å². The molecule has 5 aromatic rings. The lowest BCUT2D eigenvalue weighted by atomic mass is 9.99. The Morgan fingerprint density at radius 1 is 1.13 bits per heavy atom. The number of hydrogen-bond acceptors (Lipinski definition) is 7. The predicted molar refractivity (Wildman–Crippen MR) is 173 cm³/mol. The Kier molecular flexibility index (Phi) is 7.77. The maximum Gasteiger partial charge on any atom is 0.487 e. The number of halogens is 3. The van der Waals surface area contributed by atoms with Crippen molar-refractivity contribution in [1.29, 1.82) is 0 Å². The van der Waals surface area contributed by atoms with Crippen molar-refractivity contribution in [2.75, 3.05) is 18.5 Å². The Bertz CT molecular complexity index is 2000. The molecule has 10 nitrogen and oxygen atoms in total. The molecular formula is C34H33ClF2N6O4. The summed E-state index contributed by atoms with van der Waals surface area (Å²) in [6.07, 6.45) is 4.43. The Balaban J connectivity index is 1.27. The smallest absolute Gasteiger partial charge is 0.420 e. The second-order valence-corrected chi connectivity index (χ2v) is 13.2. The average Bonchev–Trinajstić information content (AvgIpc) is 3.68. The number of ether oxygens (including phenoxy) is 3. The van der Waals surface area contributed by atoms with Gasteiger partial charge >= 0.3 is 5.57 Å². The monoisotopic (exact) mass is 662 g/mol. The fourth-order valence-corrected chi connectivity index (χ4v) is 6.27. The highest BCUT2D eigenvalue weighted by Gasteiger charge is 2.29. The Morgan fingerprint density at radius 2 is 1.91 bits per heavy atom. The van der Waals surface area contributed by atoms with E-state index >= 15 is 0 Å². The van der Waals surface area contributed by atoms with Crippen molar-refractivity contribution in [2.45, 2.75) is 64.5 Å². The van der Waals surface area contributed by atoms with Gasteiger partial charge in [-0.25, -0.2) is 4.98 Å². The van der Waals surface area contributed by atoms with Crippen LogP contribution in [-0.2, 0) is 29.0 Å². The first-order valence-corrected chi connectivity index (χ1v) is 15.7. The second kappa shape index (κ2) is 11.7. The number of rotatable bonds is 8. The molecule has 1 atom stereocenters. The number of alkyl halides is 3. The van der Waals surface area contributed by atoms with Crippen LogP contribution in [0.3, 0.4) is 0 Å². The van der Waals surface area contributed by atoms with Gasteiger partial charge in [-0.15, -0.1) is 8.78 Å². The first-order valence-electron chi connectivity index (χ1n) is 15.3. The SMILES string of the molecule is C[C@@H]1COCc2nc3cc(C(=O)Nc4ccc(OC(F)(F)Cl)cc4)cc(-c4cnc5c(c4)-c4c(cnn4CCOC(C)(C)C)C5)c3n21. The van der Waals surface area contributed by atoms with E-state index in [0.29, 0.717) is 49.6 Å². The minimum absolute atomic E-state index is 0.0292. The number of carbonyl (C=O) groups excluding carboxylic acids is 1. The van der Waals surface area contributed by atoms with E-state index in [0.717, 1.165) is 45.0 Å². The zero-order valence-corrected chi connectivity index (χ0v) is 27.1. The second-order valence-electron chi connectivity index (χ2n) is 12.8. The van der Waals surface area contributed by atoms with E-state index in [-0.39, 0.29) is 17.4 Å². The van der Waals surface area contributed by atoms with Crippen molar-refractivity contribution < 1.29 is 27.8 Å². The summed E-state index contributed by atoms with van der Waals surface area (Å²) in [5.41, 5.74) is 3.95. The summed E-state index contributed by atoms with van der Waals surface area (Å²) in [5.74, 6) is 0.243. The number of imidazole rings is 1. The summed E-state index contributed by atoms with van der Waals surface area (Å²) in [7, 11) is 0. The molecule has 0 unspecified atom stereocenters. The van der Waals surface area contributed by atoms with Gasteiger partial charge in [0.05, 0.1) is 60.0 Å². The number of benzene rings is 2. The quantitative estimate of drug-likeness (QED) is 0.172. The Morgan fingerprint density at radius 3 is 2.66 bits per heavy atom. The van der Waals surface area contributed by atoms with Crippen LogP contribution in [0.4, 0.5) is 14.5 Å². The van der Waals surface area contributed by atoms with Crippen molar-refractivity contribution in [3.63, 3.8) is 0 Å². The fraction of sp³-hybridized carbons (Fsp3) is 0.353. The van der Waals surface area contributed by atoms with Gasteiger partial charge in [0.15, 0.2) is 0 Å². The molecule has 1 amide bonds. The van der Waals surface area contributed by atoms with Gasteiger partial charge in [0.1, 0.15) is 18.2 Å². The largest absolute Gasteiger partial charge is 0.487 e. The molecule has 0 saturated carbocycles. The van der Waals surface area contributed by atoms with Gasteiger partial charge in [0, 0.05) is 57.7 Å². The number of anilines is 1. The van der Waals surface area contributed by atoms with Gasteiger partial charge in [-0.2, -0.15) is 5.10 Å². The number of nitrogens with zero attached hydrogens (tertiary/aromatic N) is 5. The van der Waals surface area contributed by atoms with Gasteiger partial charge in [0.2, 0.25) is 0 Å². The standard InChI is InChI=1S/C34H33ClF2N6O4/c1-19-17-45-18-29-41-28-13-20(32(44)40-23-5-7-24(8-6-23)47-34(35,36)37)11-25(31(28)43(19)29)21-12-26-27(38-15-21)14-22-16-39-42(30(22)26)9-10-46-33(2,3)4/h5-8,11-13,15-16,19H,9-10,14,17-18H2,1-4H3,(H,40,44)/t19-/m1/s1. The summed E-state index contributed by atoms with van der Waals surface area (Å²) >= 11 is 4.87. The van der Waals surface area contributed by atoms with Crippen molar-refractivity contribution in [3.05, 3.63) is 77.5 Å². The maximum absolute atomic E-state index is 13.6. The van der Waals surface area contributed by atoms with Crippen LogP contribution < -0.4 is 10.1 Å². The molecule has 7 rings (SSSR count). The Hall–Kier alpha value is -4.39. The third-order valence-electron chi connectivity index (χ3n) is 8.14. The molecule has 0 fully saturated rings. The molecule has 13 heteroatoms. The van der Waals surface area contributed by atoms with E-state index in [1.165, 1.54) is 24.3 Å². The van der Waals surface area contributed by atoms with E-state index in [1.807, 2.05) is 43.9 Å². The Labute approximate surface area is 274 Å². The number of pyridine rings is 1. The molecule has 1 aliphatic carbocycles. The molecule has 1 N–H and O–H groups in total. The van der Waals surface area contributed by atoms with Crippen LogP contribution >= 0.6 is 11.6 Å². The van der Waals surface area contributed by atoms with Gasteiger partial charge in [0.25, 0.3) is 5.91 Å². The highest BCUT2D eigenvalue weighted by atomic mass is 35.5. The maximum atomic E-state index is 13.6. The van der Waals surface area contributed by atoms with Crippen LogP contribution in [0.15, 0.2) is 54.9 Å². The van der Waals surface area contributed by atoms with Crippen molar-refractivity contribution in [2.24, 2.45) is 0 Å². The molecule has 2 aromatic carbocycles. The zero-order valence-electron chi connectivity index (χ0n) is 26.3. The summed E-state index contributed by atoms with van der Waals surface area (Å²) in [6.45, 7) is 10.2. The van der Waals surface area contributed by atoms with Gasteiger partial charge in [-0.05, 0) is 70.2 Å². The third kappa shape index (κ3) is 6.32. The van der Waals surface area contributed by atoms with E-state index in [1.54, 1.807) is 6.07 Å². The summed E-state index contributed by atoms with van der Waals surface area (Å²) in [4.78, 5) is 23.4. The molecule has 3 aromatic heterocycles. The molecule has 4 heterocycles. The highest BCUT2D eigenvalue weighted by Crippen LogP contribution is 2.40. The third-order valence-corrected chi connectivity index (χ3v) is 8.22. The summed E-state index contributed by atoms with van der Waals surface area (Å²) in [6, 6.07) is 11.3. The topological polar surface area (TPSA) is 105 Å². The lowest BCUT2D eigenvalue weighted by Crippen LogP contribution is -2.22. The van der Waals surface area contributed by atoms with E-state index < -0.39 is 11.5 Å². The molecule has 244 valence electrons. The molecule has 0 spiro atoms. The van der Waals surface area contributed by atoms with Crippen LogP contribution in [0.1, 0.15) is 61.2 Å². The normalized spacial score (nSPS) is 15.8. The molecule has 0 bridgehead atoms. The summed E-state index contributed by atoms with van der Waals surface area (Å²) < 4.78 is 46.3. The first-order chi connectivity index (χ1) is 22.3. The molecule has 0 radical (unpaired) electrons. The molecular weight excluding hydrogens is 630 g/mol. The molecule has 0 saturated heterocycles. The van der Waals surface area contributed by atoms with Gasteiger partial charge in [-0.1, -0.05) is 0 Å². The van der Waals surface area contributed by atoms with Crippen LogP contribution in [0.5, 0.6) is 5.75 Å². The number of amides is 1. The van der Waals surface area contributed by atoms with Crippen LogP contribution in [-0.4, -0.2) is 54.6 Å². The minimum atomic E-state index is -3.84. The van der Waals surface area contributed by atoms with Gasteiger partial charge < -0.3 is 24.1 Å². The van der Waals surface area contributed by atoms with Gasteiger partial charge in [-0.3, -0.25) is 14.5 Å². The van der Waals surface area contributed by atoms with Crippen LogP contribution in [0.25, 0.3) is 33.4 Å². The van der Waals surface area contributed by atoms with Crippen LogP contribution in [0.2, 0.25) is 0 Å². The lowest BCUT2D eigenvalue weighted by Gasteiger charge is -2.23. The fourth-order valence-electron chi connectivity index (χ4n) is 6.19. The van der Waals surface area contributed by atoms with Crippen molar-refractivity contribution in [3.8, 4) is 28.1 Å². The predicted octanol–water partition coefficient (Wildman–Crippen LogP) is 7.19. The van der Waals surface area contributed by atoms with E-state index in [9.17, 15) is 13.6 Å². The molecule has 1 aliphatic heterocycles. The number of fused-ring (bicyclic) bond motifs is 6. The van der Waals surface area contributed by atoms with E-state index in [2.05, 4.69) is 32.7 Å². The van der Waals surface area contributed by atoms with Crippen molar-refractivity contribution >= 4 is 34.2 Å². The zero-order chi connectivity index (χ0) is 33.1. The van der Waals surface area contributed by atoms with Crippen LogP contribution in [0, 0.1) is 0 Å². The van der Waals surface area contributed by atoms with E-state index in [4.69, 9.17) is 31.0 Å². The highest BCUT2D eigenvalue weighted by molar-refractivity contribution is 6.20. The summed E-state index contributed by atoms with van der Waals surface area (Å²) in [5, 5.41) is 7.48. The molecule has 2 aliphatic rings. The minimum Gasteiger partial charge on any atom is -0.420 e. The number of carbonyl (C=O) groups is 1. The first kappa shape index (κ1) is 31.2. The average molecular weight is 663 g/mol. The molecule has 47 heavy (non-hydrogen) atoms. The number of hydrogen-bond donors (Lipinski definition) is 1. The number of nitrogens with one attached hydrogen (secondary N) is 1. The number of aromatic nitrogens is 5. The lowest BCUT2D eigenvalue weighted by molar-refractivity contribution is -0.0964.